The Labute approximate surface area is 186 Å². The summed E-state index contributed by atoms with van der Waals surface area (Å²) in [7, 11) is 0. The van der Waals surface area contributed by atoms with Crippen molar-refractivity contribution in [3.63, 3.8) is 0 Å². The molecule has 1 aliphatic carbocycles. The lowest BCUT2D eigenvalue weighted by atomic mass is 10.2. The van der Waals surface area contributed by atoms with E-state index < -0.39 is 6.36 Å². The molecule has 0 bridgehead atoms. The third-order valence-electron chi connectivity index (χ3n) is 5.57. The van der Waals surface area contributed by atoms with Crippen LogP contribution in [0, 0.1) is 6.92 Å². The van der Waals surface area contributed by atoms with Gasteiger partial charge in [-0.05, 0) is 55.7 Å². The fraction of sp³-hybridized carbons (Fsp3) is 0.250. The third-order valence-corrected chi connectivity index (χ3v) is 5.57. The first-order chi connectivity index (χ1) is 15.8. The molecule has 4 aromatic rings. The maximum atomic E-state index is 12.7. The number of benzene rings is 1. The molecule has 1 aliphatic rings. The molecular weight excluding hydrogens is 435 g/mol. The summed E-state index contributed by atoms with van der Waals surface area (Å²) in [5.41, 5.74) is 4.16. The van der Waals surface area contributed by atoms with Crippen LogP contribution in [0.25, 0.3) is 11.3 Å². The topological polar surface area (TPSA) is 57.8 Å². The molecule has 33 heavy (non-hydrogen) atoms. The van der Waals surface area contributed by atoms with Gasteiger partial charge in [0.25, 0.3) is 5.56 Å². The van der Waals surface area contributed by atoms with Crippen LogP contribution in [-0.4, -0.2) is 20.3 Å². The van der Waals surface area contributed by atoms with Crippen LogP contribution >= 0.6 is 0 Å². The molecule has 1 fully saturated rings. The number of alkyl halides is 3. The van der Waals surface area contributed by atoms with Crippen molar-refractivity contribution in [3.05, 3.63) is 88.2 Å². The zero-order valence-corrected chi connectivity index (χ0v) is 17.7. The number of halogens is 3. The highest BCUT2D eigenvalue weighted by Gasteiger charge is 2.31. The smallest absolute Gasteiger partial charge is 0.489 e. The molecule has 0 amide bonds. The zero-order chi connectivity index (χ0) is 23.2. The van der Waals surface area contributed by atoms with Crippen molar-refractivity contribution in [1.29, 1.82) is 0 Å². The summed E-state index contributed by atoms with van der Waals surface area (Å²) in [6.45, 7) is 2.14. The second-order valence-corrected chi connectivity index (χ2v) is 8.02. The molecule has 0 atom stereocenters. The lowest BCUT2D eigenvalue weighted by molar-refractivity contribution is -0.274. The van der Waals surface area contributed by atoms with Crippen molar-refractivity contribution in [3.8, 4) is 17.2 Å². The summed E-state index contributed by atoms with van der Waals surface area (Å²) in [4.78, 5) is 17.4. The molecule has 0 radical (unpaired) electrons. The van der Waals surface area contributed by atoms with E-state index in [1.807, 2.05) is 29.7 Å². The maximum Gasteiger partial charge on any atom is 0.573 e. The lowest BCUT2D eigenvalue weighted by Gasteiger charge is -2.11. The van der Waals surface area contributed by atoms with Crippen LogP contribution in [0.15, 0.2) is 65.7 Å². The van der Waals surface area contributed by atoms with Crippen molar-refractivity contribution in [2.45, 2.75) is 38.7 Å². The van der Waals surface area contributed by atoms with Gasteiger partial charge in [0.2, 0.25) is 0 Å². The molecule has 9 heteroatoms. The van der Waals surface area contributed by atoms with E-state index in [2.05, 4.69) is 4.74 Å². The molecule has 0 aliphatic heterocycles. The Balaban J connectivity index is 1.30. The van der Waals surface area contributed by atoms with Gasteiger partial charge in [0, 0.05) is 30.1 Å². The maximum absolute atomic E-state index is 12.7. The average molecular weight is 455 g/mol. The average Bonchev–Trinajstić information content (AvgIpc) is 3.56. The van der Waals surface area contributed by atoms with Gasteiger partial charge in [0.05, 0.1) is 11.4 Å². The number of pyridine rings is 2. The molecule has 0 saturated heterocycles. The van der Waals surface area contributed by atoms with Crippen molar-refractivity contribution >= 4 is 5.65 Å². The van der Waals surface area contributed by atoms with Crippen LogP contribution in [0.1, 0.15) is 35.7 Å². The number of ether oxygens (including phenoxy) is 2. The first kappa shape index (κ1) is 21.1. The van der Waals surface area contributed by atoms with Gasteiger partial charge >= 0.3 is 6.36 Å². The summed E-state index contributed by atoms with van der Waals surface area (Å²) in [5.74, 6) is 0.604. The highest BCUT2D eigenvalue weighted by atomic mass is 19.4. The van der Waals surface area contributed by atoms with Crippen LogP contribution in [0.5, 0.6) is 11.5 Å². The Bertz CT molecular complexity index is 1370. The van der Waals surface area contributed by atoms with Gasteiger partial charge in [-0.15, -0.1) is 13.2 Å². The van der Waals surface area contributed by atoms with Crippen LogP contribution in [-0.2, 0) is 6.61 Å². The summed E-state index contributed by atoms with van der Waals surface area (Å²) in [6, 6.07) is 12.2. The summed E-state index contributed by atoms with van der Waals surface area (Å²) in [5, 5.41) is 0. The highest BCUT2D eigenvalue weighted by Crippen LogP contribution is 2.41. The molecule has 3 aromatic heterocycles. The molecule has 5 rings (SSSR count). The van der Waals surface area contributed by atoms with E-state index in [0.717, 1.165) is 17.0 Å². The van der Waals surface area contributed by atoms with E-state index in [-0.39, 0.29) is 17.9 Å². The predicted octanol–water partition coefficient (Wildman–Crippen LogP) is 5.15. The highest BCUT2D eigenvalue weighted by molar-refractivity contribution is 5.49. The number of hydrogen-bond acceptors (Lipinski definition) is 4. The first-order valence-corrected chi connectivity index (χ1v) is 10.5. The van der Waals surface area contributed by atoms with Gasteiger partial charge in [-0.3, -0.25) is 9.36 Å². The van der Waals surface area contributed by atoms with E-state index in [1.165, 1.54) is 47.7 Å². The van der Waals surface area contributed by atoms with Crippen LogP contribution in [0.3, 0.4) is 0 Å². The molecule has 1 saturated carbocycles. The molecule has 3 heterocycles. The molecule has 1 aromatic carbocycles. The Morgan fingerprint density at radius 3 is 2.48 bits per heavy atom. The van der Waals surface area contributed by atoms with Crippen LogP contribution in [0.4, 0.5) is 13.2 Å². The Morgan fingerprint density at radius 2 is 1.82 bits per heavy atom. The standard InChI is InChI=1S/C24H20F3N3O3/c1-15-23(17-4-5-17)28-21-9-6-18(13-30(15)21)29-11-10-20(12-22(29)31)32-14-16-2-7-19(8-3-16)33-24(25,26)27/h2-3,6-13,17H,4-5,14H2,1H3. The van der Waals surface area contributed by atoms with Crippen molar-refractivity contribution in [2.24, 2.45) is 0 Å². The van der Waals surface area contributed by atoms with Gasteiger partial charge in [-0.2, -0.15) is 0 Å². The van der Waals surface area contributed by atoms with Crippen molar-refractivity contribution in [2.75, 3.05) is 0 Å². The quantitative estimate of drug-likeness (QED) is 0.404. The number of imidazole rings is 1. The largest absolute Gasteiger partial charge is 0.573 e. The second kappa shape index (κ2) is 7.99. The second-order valence-electron chi connectivity index (χ2n) is 8.02. The summed E-state index contributed by atoms with van der Waals surface area (Å²) >= 11 is 0. The molecular formula is C24H20F3N3O3. The molecule has 0 spiro atoms. The van der Waals surface area contributed by atoms with E-state index >= 15 is 0 Å². The number of nitrogens with zero attached hydrogens (tertiary/aromatic N) is 3. The Hall–Kier alpha value is -3.75. The van der Waals surface area contributed by atoms with Gasteiger partial charge < -0.3 is 13.9 Å². The minimum atomic E-state index is -4.73. The predicted molar refractivity (Wildman–Crippen MR) is 115 cm³/mol. The Kier molecular flexibility index (Phi) is 5.11. The monoisotopic (exact) mass is 455 g/mol. The number of aromatic nitrogens is 3. The fourth-order valence-corrected chi connectivity index (χ4v) is 3.77. The van der Waals surface area contributed by atoms with Crippen LogP contribution in [0.2, 0.25) is 0 Å². The normalized spacial score (nSPS) is 13.9. The van der Waals surface area contributed by atoms with Gasteiger partial charge in [0.1, 0.15) is 23.8 Å². The van der Waals surface area contributed by atoms with Gasteiger partial charge in [-0.1, -0.05) is 12.1 Å². The number of rotatable bonds is 6. The molecule has 170 valence electrons. The zero-order valence-electron chi connectivity index (χ0n) is 17.7. The van der Waals surface area contributed by atoms with E-state index in [0.29, 0.717) is 22.9 Å². The van der Waals surface area contributed by atoms with Gasteiger partial charge in [-0.25, -0.2) is 4.98 Å². The SMILES string of the molecule is Cc1c(C2CC2)nc2ccc(-n3ccc(OCc4ccc(OC(F)(F)F)cc4)cc3=O)cn12. The number of fused-ring (bicyclic) bond motifs is 1. The lowest BCUT2D eigenvalue weighted by Crippen LogP contribution is -2.17. The van der Waals surface area contributed by atoms with Crippen LogP contribution < -0.4 is 15.0 Å². The van der Waals surface area contributed by atoms with Crippen molar-refractivity contribution in [1.82, 2.24) is 14.0 Å². The van der Waals surface area contributed by atoms with E-state index in [9.17, 15) is 18.0 Å². The summed E-state index contributed by atoms with van der Waals surface area (Å²) in [6.07, 6.45) is 1.14. The molecule has 6 nitrogen and oxygen atoms in total. The molecule has 0 N–H and O–H groups in total. The number of aryl methyl sites for hydroxylation is 1. The minimum absolute atomic E-state index is 0.0971. The number of hydrogen-bond donors (Lipinski definition) is 0. The van der Waals surface area contributed by atoms with Crippen molar-refractivity contribution < 1.29 is 22.6 Å². The van der Waals surface area contributed by atoms with Gasteiger partial charge in [0.15, 0.2) is 0 Å². The molecule has 0 unspecified atom stereocenters. The fourth-order valence-electron chi connectivity index (χ4n) is 3.77. The summed E-state index contributed by atoms with van der Waals surface area (Å²) < 4.78 is 49.8. The van der Waals surface area contributed by atoms with E-state index in [1.54, 1.807) is 12.3 Å². The third kappa shape index (κ3) is 4.57. The van der Waals surface area contributed by atoms with E-state index in [4.69, 9.17) is 9.72 Å². The minimum Gasteiger partial charge on any atom is -0.489 e. The first-order valence-electron chi connectivity index (χ1n) is 10.5. The Morgan fingerprint density at radius 1 is 1.06 bits per heavy atom.